The van der Waals surface area contributed by atoms with E-state index in [2.05, 4.69) is 19.6 Å². The van der Waals surface area contributed by atoms with Gasteiger partial charge in [-0.05, 0) is 54.8 Å². The average molecular weight is 454 g/mol. The molecule has 0 saturated carbocycles. The van der Waals surface area contributed by atoms with Crippen molar-refractivity contribution in [2.24, 2.45) is 5.92 Å². The Labute approximate surface area is 185 Å². The molecule has 0 spiro atoms. The lowest BCUT2D eigenvalue weighted by Gasteiger charge is -2.42. The van der Waals surface area contributed by atoms with E-state index >= 15 is 0 Å². The van der Waals surface area contributed by atoms with Gasteiger partial charge in [-0.1, -0.05) is 0 Å². The van der Waals surface area contributed by atoms with Crippen LogP contribution >= 0.6 is 0 Å². The van der Waals surface area contributed by atoms with E-state index in [4.69, 9.17) is 4.74 Å². The number of rotatable bonds is 5. The van der Waals surface area contributed by atoms with Crippen molar-refractivity contribution in [3.05, 3.63) is 70.9 Å². The van der Waals surface area contributed by atoms with Crippen LogP contribution in [0.4, 0.5) is 11.6 Å². The van der Waals surface area contributed by atoms with Crippen molar-refractivity contribution in [3.63, 3.8) is 0 Å². The zero-order valence-corrected chi connectivity index (χ0v) is 18.3. The molecular formula is C22H23N5O4S. The van der Waals surface area contributed by atoms with Gasteiger partial charge in [-0.2, -0.15) is 0 Å². The van der Waals surface area contributed by atoms with Gasteiger partial charge in [0.25, 0.3) is 15.6 Å². The van der Waals surface area contributed by atoms with E-state index in [1.165, 1.54) is 19.2 Å². The van der Waals surface area contributed by atoms with E-state index in [-0.39, 0.29) is 28.0 Å². The fourth-order valence-electron chi connectivity index (χ4n) is 4.60. The van der Waals surface area contributed by atoms with Crippen LogP contribution in [0.25, 0.3) is 0 Å². The number of ether oxygens (including phenoxy) is 1. The molecule has 9 nitrogen and oxygen atoms in total. The first-order chi connectivity index (χ1) is 15.4. The normalized spacial score (nSPS) is 19.8. The molecule has 10 heteroatoms. The van der Waals surface area contributed by atoms with Crippen molar-refractivity contribution < 1.29 is 13.2 Å². The third kappa shape index (κ3) is 3.70. The summed E-state index contributed by atoms with van der Waals surface area (Å²) in [6.07, 6.45) is 4.44. The third-order valence-electron chi connectivity index (χ3n) is 6.05. The fraction of sp³-hybridized carbons (Fsp3) is 0.318. The number of benzene rings is 1. The Bertz CT molecular complexity index is 1290. The minimum absolute atomic E-state index is 0.0489. The summed E-state index contributed by atoms with van der Waals surface area (Å²) in [5.41, 5.74) is 0.644. The maximum Gasteiger partial charge on any atom is 0.275 e. The summed E-state index contributed by atoms with van der Waals surface area (Å²) in [6.45, 7) is 2.01. The molecule has 1 aromatic carbocycles. The molecule has 0 radical (unpaired) electrons. The van der Waals surface area contributed by atoms with Gasteiger partial charge in [-0.25, -0.2) is 18.4 Å². The SMILES string of the molecule is COc1ccc(S(=O)(=O)Nc2ccc3n(c2=O)CC2CC3CN(c3ncccn3)C2)cc1. The van der Waals surface area contributed by atoms with Crippen LogP contribution < -0.4 is 19.9 Å². The number of aromatic nitrogens is 3. The molecule has 5 rings (SSSR count). The van der Waals surface area contributed by atoms with E-state index in [0.29, 0.717) is 18.2 Å². The number of nitrogens with zero attached hydrogens (tertiary/aromatic N) is 4. The van der Waals surface area contributed by atoms with E-state index in [1.54, 1.807) is 41.2 Å². The Kier molecular flexibility index (Phi) is 5.09. The molecule has 2 aromatic heterocycles. The van der Waals surface area contributed by atoms with Crippen LogP contribution in [0.15, 0.2) is 64.5 Å². The van der Waals surface area contributed by atoms with Crippen molar-refractivity contribution in [1.82, 2.24) is 14.5 Å². The first-order valence-electron chi connectivity index (χ1n) is 10.4. The Morgan fingerprint density at radius 2 is 1.78 bits per heavy atom. The first-order valence-corrected chi connectivity index (χ1v) is 11.9. The van der Waals surface area contributed by atoms with Gasteiger partial charge in [-0.3, -0.25) is 9.52 Å². The van der Waals surface area contributed by atoms with E-state index in [1.807, 2.05) is 6.07 Å². The molecule has 1 saturated heterocycles. The van der Waals surface area contributed by atoms with Gasteiger partial charge in [0, 0.05) is 43.6 Å². The number of hydrogen-bond acceptors (Lipinski definition) is 7. The zero-order valence-electron chi connectivity index (χ0n) is 17.5. The number of methoxy groups -OCH3 is 1. The van der Waals surface area contributed by atoms with Crippen molar-refractivity contribution in [1.29, 1.82) is 0 Å². The Morgan fingerprint density at radius 1 is 1.03 bits per heavy atom. The number of sulfonamides is 1. The lowest BCUT2D eigenvalue weighted by Crippen LogP contribution is -2.48. The second-order valence-corrected chi connectivity index (χ2v) is 9.80. The molecule has 2 aliphatic heterocycles. The summed E-state index contributed by atoms with van der Waals surface area (Å²) in [5.74, 6) is 1.67. The smallest absolute Gasteiger partial charge is 0.275 e. The van der Waals surface area contributed by atoms with Gasteiger partial charge < -0.3 is 14.2 Å². The Balaban J connectivity index is 1.42. The second kappa shape index (κ2) is 7.94. The maximum absolute atomic E-state index is 13.2. The predicted octanol–water partition coefficient (Wildman–Crippen LogP) is 2.07. The summed E-state index contributed by atoms with van der Waals surface area (Å²) in [6, 6.07) is 11.2. The quantitative estimate of drug-likeness (QED) is 0.630. The minimum Gasteiger partial charge on any atom is -0.497 e. The number of piperidine rings is 1. The molecule has 1 fully saturated rings. The standard InChI is InChI=1S/C22H23N5O4S/c1-31-17-3-5-18(6-4-17)32(29,30)25-19-7-8-20-16-11-15(13-27(20)21(19)28)12-26(14-16)22-23-9-2-10-24-22/h2-10,15-16,25H,11-14H2,1H3. The summed E-state index contributed by atoms with van der Waals surface area (Å²) in [5, 5.41) is 0. The summed E-state index contributed by atoms with van der Waals surface area (Å²) in [4.78, 5) is 24.1. The molecule has 166 valence electrons. The summed E-state index contributed by atoms with van der Waals surface area (Å²) in [7, 11) is -2.38. The van der Waals surface area contributed by atoms with Gasteiger partial charge in [0.1, 0.15) is 11.4 Å². The van der Waals surface area contributed by atoms with Gasteiger partial charge in [0.15, 0.2) is 0 Å². The maximum atomic E-state index is 13.2. The van der Waals surface area contributed by atoms with Crippen molar-refractivity contribution in [2.45, 2.75) is 23.8 Å². The van der Waals surface area contributed by atoms with Crippen molar-refractivity contribution in [2.75, 3.05) is 29.8 Å². The minimum atomic E-state index is -3.89. The third-order valence-corrected chi connectivity index (χ3v) is 7.43. The average Bonchev–Trinajstić information content (AvgIpc) is 2.81. The lowest BCUT2D eigenvalue weighted by molar-refractivity contribution is 0.280. The molecule has 2 aliphatic rings. The Morgan fingerprint density at radius 3 is 2.50 bits per heavy atom. The van der Waals surface area contributed by atoms with Crippen LogP contribution in [0.2, 0.25) is 0 Å². The van der Waals surface area contributed by atoms with Crippen LogP contribution in [0.3, 0.4) is 0 Å². The van der Waals surface area contributed by atoms with Crippen LogP contribution in [-0.2, 0) is 16.6 Å². The van der Waals surface area contributed by atoms with Crippen LogP contribution in [-0.4, -0.2) is 43.2 Å². The molecule has 2 unspecified atom stereocenters. The number of fused-ring (bicyclic) bond motifs is 4. The Hall–Kier alpha value is -3.40. The summed E-state index contributed by atoms with van der Waals surface area (Å²) >= 11 is 0. The van der Waals surface area contributed by atoms with Crippen LogP contribution in [0.1, 0.15) is 18.0 Å². The highest BCUT2D eigenvalue weighted by molar-refractivity contribution is 7.92. The number of hydrogen-bond donors (Lipinski definition) is 1. The van der Waals surface area contributed by atoms with E-state index in [0.717, 1.165) is 25.2 Å². The molecule has 0 amide bonds. The number of pyridine rings is 1. The number of anilines is 2. The molecule has 2 bridgehead atoms. The van der Waals surface area contributed by atoms with Gasteiger partial charge >= 0.3 is 0 Å². The van der Waals surface area contributed by atoms with Crippen molar-refractivity contribution in [3.8, 4) is 5.75 Å². The fourth-order valence-corrected chi connectivity index (χ4v) is 5.66. The molecule has 2 atom stereocenters. The highest BCUT2D eigenvalue weighted by Crippen LogP contribution is 2.36. The molecule has 1 N–H and O–H groups in total. The molecule has 3 aromatic rings. The van der Waals surface area contributed by atoms with Crippen molar-refractivity contribution >= 4 is 21.7 Å². The van der Waals surface area contributed by atoms with Gasteiger partial charge in [0.05, 0.1) is 12.0 Å². The van der Waals surface area contributed by atoms with Gasteiger partial charge in [0.2, 0.25) is 5.95 Å². The monoisotopic (exact) mass is 453 g/mol. The molecule has 0 aliphatic carbocycles. The molecule has 32 heavy (non-hydrogen) atoms. The molecule has 4 heterocycles. The zero-order chi connectivity index (χ0) is 22.3. The van der Waals surface area contributed by atoms with Gasteiger partial charge in [-0.15, -0.1) is 0 Å². The summed E-state index contributed by atoms with van der Waals surface area (Å²) < 4.78 is 34.8. The molecular weight excluding hydrogens is 430 g/mol. The van der Waals surface area contributed by atoms with Crippen LogP contribution in [0, 0.1) is 5.92 Å². The predicted molar refractivity (Wildman–Crippen MR) is 120 cm³/mol. The lowest BCUT2D eigenvalue weighted by atomic mass is 9.83. The largest absolute Gasteiger partial charge is 0.497 e. The van der Waals surface area contributed by atoms with Crippen LogP contribution in [0.5, 0.6) is 5.75 Å². The first kappa shape index (κ1) is 20.5. The number of nitrogens with one attached hydrogen (secondary N) is 1. The van der Waals surface area contributed by atoms with E-state index < -0.39 is 10.0 Å². The topological polar surface area (TPSA) is 106 Å². The second-order valence-electron chi connectivity index (χ2n) is 8.12. The highest BCUT2D eigenvalue weighted by atomic mass is 32.2. The van der Waals surface area contributed by atoms with E-state index in [9.17, 15) is 13.2 Å². The highest BCUT2D eigenvalue weighted by Gasteiger charge is 2.36.